The fraction of sp³-hybridized carbons (Fsp3) is 0.478. The molecule has 4 rings (SSSR count). The Labute approximate surface area is 156 Å². The zero-order valence-electron chi connectivity index (χ0n) is 15.7. The molecule has 2 N–H and O–H groups in total. The molecule has 5 atom stereocenters. The van der Waals surface area contributed by atoms with Gasteiger partial charge in [0.2, 0.25) is 0 Å². The Morgan fingerprint density at radius 1 is 0.923 bits per heavy atom. The molecule has 0 aromatic heterocycles. The molecule has 2 aromatic carbocycles. The Balaban J connectivity index is 1.42. The number of fused-ring (bicyclic) bond motifs is 1. The van der Waals surface area contributed by atoms with E-state index in [0.29, 0.717) is 29.5 Å². The van der Waals surface area contributed by atoms with Gasteiger partial charge < -0.3 is 10.2 Å². The van der Waals surface area contributed by atoms with Crippen molar-refractivity contribution in [2.45, 2.75) is 44.2 Å². The first-order valence-electron chi connectivity index (χ1n) is 9.77. The van der Waals surface area contributed by atoms with Gasteiger partial charge in [-0.1, -0.05) is 49.4 Å². The largest absolute Gasteiger partial charge is 0.508 e. The maximum absolute atomic E-state index is 11.2. The van der Waals surface area contributed by atoms with Crippen molar-refractivity contribution in [3.05, 3.63) is 65.7 Å². The zero-order chi connectivity index (χ0) is 18.3. The van der Waals surface area contributed by atoms with Crippen LogP contribution >= 0.6 is 0 Å². The van der Waals surface area contributed by atoms with Crippen LogP contribution in [0.4, 0.5) is 0 Å². The Hall–Kier alpha value is -1.84. The van der Waals surface area contributed by atoms with Crippen molar-refractivity contribution < 1.29 is 10.2 Å². The molecule has 1 saturated carbocycles. The van der Waals surface area contributed by atoms with Gasteiger partial charge in [0.15, 0.2) is 0 Å². The Morgan fingerprint density at radius 2 is 1.50 bits per heavy atom. The van der Waals surface area contributed by atoms with E-state index in [9.17, 15) is 10.2 Å². The Morgan fingerprint density at radius 3 is 2.08 bits per heavy atom. The first kappa shape index (κ1) is 17.6. The summed E-state index contributed by atoms with van der Waals surface area (Å²) in [7, 11) is 0. The monoisotopic (exact) mass is 351 g/mol. The number of rotatable bonds is 4. The third-order valence-electron chi connectivity index (χ3n) is 6.83. The van der Waals surface area contributed by atoms with Crippen LogP contribution in [0, 0.1) is 11.8 Å². The molecule has 26 heavy (non-hydrogen) atoms. The van der Waals surface area contributed by atoms with Crippen molar-refractivity contribution in [2.24, 2.45) is 11.8 Å². The summed E-state index contributed by atoms with van der Waals surface area (Å²) in [5.41, 5.74) is 1.70. The summed E-state index contributed by atoms with van der Waals surface area (Å²) < 4.78 is 0. The highest BCUT2D eigenvalue weighted by Crippen LogP contribution is 2.49. The van der Waals surface area contributed by atoms with Crippen LogP contribution in [-0.4, -0.2) is 34.2 Å². The van der Waals surface area contributed by atoms with Gasteiger partial charge in [-0.2, -0.15) is 0 Å². The van der Waals surface area contributed by atoms with Crippen LogP contribution in [0.2, 0.25) is 0 Å². The molecule has 3 nitrogen and oxygen atoms in total. The molecule has 2 aliphatic rings. The molecule has 1 heterocycles. The van der Waals surface area contributed by atoms with E-state index in [1.54, 1.807) is 12.1 Å². The molecular formula is C23H29NO2. The van der Waals surface area contributed by atoms with Crippen LogP contribution in [0.25, 0.3) is 0 Å². The van der Waals surface area contributed by atoms with Gasteiger partial charge in [-0.25, -0.2) is 0 Å². The smallest absolute Gasteiger partial charge is 0.115 e. The van der Waals surface area contributed by atoms with Crippen LogP contribution in [0.5, 0.6) is 5.75 Å². The van der Waals surface area contributed by atoms with Gasteiger partial charge in [0, 0.05) is 19.1 Å². The summed E-state index contributed by atoms with van der Waals surface area (Å²) in [4.78, 5) is 2.59. The molecule has 138 valence electrons. The van der Waals surface area contributed by atoms with Crippen LogP contribution in [0.15, 0.2) is 54.6 Å². The minimum atomic E-state index is -0.644. The SMILES string of the molecule is CC(c1ccc(O)cc1)C(C)N1C[C@@H]2CC(O)(c3ccccc3)C[C@@H]2C1. The summed E-state index contributed by atoms with van der Waals surface area (Å²) >= 11 is 0. The van der Waals surface area contributed by atoms with Crippen LogP contribution in [0.1, 0.15) is 43.7 Å². The lowest BCUT2D eigenvalue weighted by atomic mass is 9.90. The number of aromatic hydroxyl groups is 1. The lowest BCUT2D eigenvalue weighted by Gasteiger charge is -2.32. The normalized spacial score (nSPS) is 30.9. The van der Waals surface area contributed by atoms with E-state index in [4.69, 9.17) is 0 Å². The average molecular weight is 351 g/mol. The van der Waals surface area contributed by atoms with E-state index in [0.717, 1.165) is 31.5 Å². The van der Waals surface area contributed by atoms with E-state index < -0.39 is 5.60 Å². The molecule has 0 radical (unpaired) electrons. The second-order valence-electron chi connectivity index (χ2n) is 8.40. The Bertz CT molecular complexity index is 729. The molecule has 3 heteroatoms. The van der Waals surface area contributed by atoms with Gasteiger partial charge >= 0.3 is 0 Å². The number of hydrogen-bond donors (Lipinski definition) is 2. The summed E-state index contributed by atoms with van der Waals surface area (Å²) in [6.07, 6.45) is 1.75. The topological polar surface area (TPSA) is 43.7 Å². The number of likely N-dealkylation sites (tertiary alicyclic amines) is 1. The van der Waals surface area contributed by atoms with Gasteiger partial charge in [-0.15, -0.1) is 0 Å². The van der Waals surface area contributed by atoms with Crippen LogP contribution < -0.4 is 0 Å². The van der Waals surface area contributed by atoms with E-state index in [1.807, 2.05) is 30.3 Å². The van der Waals surface area contributed by atoms with Crippen molar-refractivity contribution in [3.8, 4) is 5.75 Å². The lowest BCUT2D eigenvalue weighted by Crippen LogP contribution is -2.37. The number of phenolic OH excluding ortho intramolecular Hbond substituents is 1. The first-order valence-corrected chi connectivity index (χ1v) is 9.77. The van der Waals surface area contributed by atoms with Crippen molar-refractivity contribution in [1.29, 1.82) is 0 Å². The quantitative estimate of drug-likeness (QED) is 0.871. The van der Waals surface area contributed by atoms with Crippen molar-refractivity contribution >= 4 is 0 Å². The van der Waals surface area contributed by atoms with Crippen molar-refractivity contribution in [2.75, 3.05) is 13.1 Å². The third kappa shape index (κ3) is 3.15. The molecule has 1 aliphatic heterocycles. The highest BCUT2D eigenvalue weighted by molar-refractivity contribution is 5.29. The number of aliphatic hydroxyl groups is 1. The highest BCUT2D eigenvalue weighted by atomic mass is 16.3. The summed E-state index contributed by atoms with van der Waals surface area (Å²) in [5, 5.41) is 20.7. The van der Waals surface area contributed by atoms with Gasteiger partial charge in [-0.05, 0) is 60.8 Å². The van der Waals surface area contributed by atoms with E-state index in [2.05, 4.69) is 30.9 Å². The van der Waals surface area contributed by atoms with Gasteiger partial charge in [0.1, 0.15) is 5.75 Å². The molecular weight excluding hydrogens is 322 g/mol. The maximum atomic E-state index is 11.2. The summed E-state index contributed by atoms with van der Waals surface area (Å²) in [6.45, 7) is 6.72. The second-order valence-corrected chi connectivity index (χ2v) is 8.40. The number of benzene rings is 2. The number of phenols is 1. The molecule has 0 amide bonds. The fourth-order valence-corrected chi connectivity index (χ4v) is 5.08. The zero-order valence-corrected chi connectivity index (χ0v) is 15.7. The fourth-order valence-electron chi connectivity index (χ4n) is 5.08. The minimum absolute atomic E-state index is 0.324. The predicted molar refractivity (Wildman–Crippen MR) is 104 cm³/mol. The first-order chi connectivity index (χ1) is 12.5. The number of hydrogen-bond acceptors (Lipinski definition) is 3. The highest BCUT2D eigenvalue weighted by Gasteiger charge is 2.49. The van der Waals surface area contributed by atoms with Gasteiger partial charge in [-0.3, -0.25) is 4.90 Å². The molecule has 3 unspecified atom stereocenters. The van der Waals surface area contributed by atoms with E-state index in [-0.39, 0.29) is 0 Å². The molecule has 2 aromatic rings. The molecule has 2 fully saturated rings. The molecule has 1 aliphatic carbocycles. The van der Waals surface area contributed by atoms with Crippen molar-refractivity contribution in [1.82, 2.24) is 4.90 Å². The number of nitrogens with zero attached hydrogens (tertiary/aromatic N) is 1. The predicted octanol–water partition coefficient (Wildman–Crippen LogP) is 4.11. The maximum Gasteiger partial charge on any atom is 0.115 e. The van der Waals surface area contributed by atoms with Crippen LogP contribution in [-0.2, 0) is 5.60 Å². The molecule has 0 spiro atoms. The standard InChI is InChI=1S/C23H29NO2/c1-16(18-8-10-22(25)11-9-18)17(2)24-14-19-12-23(26,13-20(19)15-24)21-6-4-3-5-7-21/h3-11,16-17,19-20,25-26H,12-15H2,1-2H3/t16?,17?,19-,20+,23?. The lowest BCUT2D eigenvalue weighted by molar-refractivity contribution is 0.0292. The van der Waals surface area contributed by atoms with Crippen molar-refractivity contribution in [3.63, 3.8) is 0 Å². The second kappa shape index (κ2) is 6.71. The van der Waals surface area contributed by atoms with Gasteiger partial charge in [0.05, 0.1) is 5.60 Å². The summed E-state index contributed by atoms with van der Waals surface area (Å²) in [6, 6.07) is 18.2. The third-order valence-corrected chi connectivity index (χ3v) is 6.83. The van der Waals surface area contributed by atoms with E-state index >= 15 is 0 Å². The van der Waals surface area contributed by atoms with Gasteiger partial charge in [0.25, 0.3) is 0 Å². The molecule has 0 bridgehead atoms. The Kier molecular flexibility index (Phi) is 4.54. The minimum Gasteiger partial charge on any atom is -0.508 e. The van der Waals surface area contributed by atoms with E-state index in [1.165, 1.54) is 5.56 Å². The van der Waals surface area contributed by atoms with Crippen LogP contribution in [0.3, 0.4) is 0 Å². The summed E-state index contributed by atoms with van der Waals surface area (Å²) in [5.74, 6) is 1.90. The average Bonchev–Trinajstić information content (AvgIpc) is 3.18. The molecule has 1 saturated heterocycles.